The zero-order chi connectivity index (χ0) is 19.4. The molecule has 1 aromatic rings. The van der Waals surface area contributed by atoms with Gasteiger partial charge in [0.1, 0.15) is 17.2 Å². The summed E-state index contributed by atoms with van der Waals surface area (Å²) in [5.74, 6) is 1.03. The van der Waals surface area contributed by atoms with Gasteiger partial charge in [0.2, 0.25) is 5.91 Å². The largest absolute Gasteiger partial charge is 0.496 e. The molecule has 0 spiro atoms. The summed E-state index contributed by atoms with van der Waals surface area (Å²) in [5.41, 5.74) is 0.613. The number of halogens is 1. The summed E-state index contributed by atoms with van der Waals surface area (Å²) < 4.78 is 39.2. The molecule has 1 saturated heterocycles. The number of carbonyl (C=O) groups excluding carboxylic acids is 1. The number of methoxy groups -OCH3 is 3. The zero-order valence-electron chi connectivity index (χ0n) is 16.0. The number of benzene rings is 1. The van der Waals surface area contributed by atoms with Crippen LogP contribution >= 0.6 is 12.4 Å². The van der Waals surface area contributed by atoms with Gasteiger partial charge in [0, 0.05) is 18.4 Å². The molecule has 0 aliphatic carbocycles. The first-order valence-electron chi connectivity index (χ1n) is 8.26. The molecule has 0 aromatic heterocycles. The number of sulfone groups is 1. The van der Waals surface area contributed by atoms with E-state index in [4.69, 9.17) is 14.2 Å². The molecule has 0 radical (unpaired) electrons. The molecule has 1 amide bonds. The van der Waals surface area contributed by atoms with Crippen molar-refractivity contribution in [1.82, 2.24) is 10.6 Å². The quantitative estimate of drug-likeness (QED) is 0.673. The SMILES string of the molecule is COc1cc(OC)c(CNC(=O)C2(S(C)(=O)=O)CCNCC2)c(OC)c1.Cl. The van der Waals surface area contributed by atoms with Gasteiger partial charge in [-0.2, -0.15) is 0 Å². The topological polar surface area (TPSA) is 103 Å². The minimum atomic E-state index is -3.57. The van der Waals surface area contributed by atoms with E-state index in [0.717, 1.165) is 6.26 Å². The van der Waals surface area contributed by atoms with Gasteiger partial charge >= 0.3 is 0 Å². The maximum Gasteiger partial charge on any atom is 0.241 e. The van der Waals surface area contributed by atoms with E-state index < -0.39 is 20.5 Å². The fourth-order valence-electron chi connectivity index (χ4n) is 3.18. The molecule has 0 bridgehead atoms. The summed E-state index contributed by atoms with van der Waals surface area (Å²) >= 11 is 0. The van der Waals surface area contributed by atoms with Crippen molar-refractivity contribution in [3.8, 4) is 17.2 Å². The molecule has 0 atom stereocenters. The smallest absolute Gasteiger partial charge is 0.241 e. The van der Waals surface area contributed by atoms with Gasteiger partial charge in [-0.15, -0.1) is 12.4 Å². The van der Waals surface area contributed by atoms with E-state index in [0.29, 0.717) is 35.9 Å². The number of carbonyl (C=O) groups is 1. The second-order valence-electron chi connectivity index (χ2n) is 6.21. The Morgan fingerprint density at radius 3 is 2.04 bits per heavy atom. The van der Waals surface area contributed by atoms with Crippen LogP contribution in [0.15, 0.2) is 12.1 Å². The molecule has 1 aliphatic heterocycles. The maximum atomic E-state index is 12.8. The van der Waals surface area contributed by atoms with Gasteiger partial charge in [0.25, 0.3) is 0 Å². The van der Waals surface area contributed by atoms with Crippen molar-refractivity contribution in [3.05, 3.63) is 17.7 Å². The van der Waals surface area contributed by atoms with Gasteiger partial charge in [-0.05, 0) is 25.9 Å². The Labute approximate surface area is 166 Å². The third-order valence-corrected chi connectivity index (χ3v) is 6.79. The number of amides is 1. The third-order valence-electron chi connectivity index (χ3n) is 4.78. The minimum Gasteiger partial charge on any atom is -0.496 e. The summed E-state index contributed by atoms with van der Waals surface area (Å²) in [5, 5.41) is 5.85. The van der Waals surface area contributed by atoms with Crippen LogP contribution < -0.4 is 24.8 Å². The van der Waals surface area contributed by atoms with Gasteiger partial charge < -0.3 is 24.8 Å². The molecule has 0 saturated carbocycles. The van der Waals surface area contributed by atoms with Crippen molar-refractivity contribution < 1.29 is 27.4 Å². The van der Waals surface area contributed by atoms with Crippen molar-refractivity contribution in [2.24, 2.45) is 0 Å². The van der Waals surface area contributed by atoms with Crippen molar-refractivity contribution in [2.75, 3.05) is 40.7 Å². The molecule has 10 heteroatoms. The monoisotopic (exact) mass is 422 g/mol. The molecular formula is C17H27ClN2O6S. The lowest BCUT2D eigenvalue weighted by Crippen LogP contribution is -2.57. The highest BCUT2D eigenvalue weighted by Crippen LogP contribution is 2.34. The average molecular weight is 423 g/mol. The third kappa shape index (κ3) is 4.77. The van der Waals surface area contributed by atoms with E-state index in [9.17, 15) is 13.2 Å². The molecule has 154 valence electrons. The predicted molar refractivity (Wildman–Crippen MR) is 105 cm³/mol. The molecule has 1 heterocycles. The summed E-state index contributed by atoms with van der Waals surface area (Å²) in [7, 11) is 0.971. The van der Waals surface area contributed by atoms with Crippen LogP contribution in [0.4, 0.5) is 0 Å². The van der Waals surface area contributed by atoms with Gasteiger partial charge in [0.15, 0.2) is 14.6 Å². The number of piperidine rings is 1. The highest BCUT2D eigenvalue weighted by molar-refractivity contribution is 7.92. The first kappa shape index (κ1) is 23.3. The van der Waals surface area contributed by atoms with Crippen molar-refractivity contribution in [3.63, 3.8) is 0 Å². The average Bonchev–Trinajstić information content (AvgIpc) is 2.64. The summed E-state index contributed by atoms with van der Waals surface area (Å²) in [6, 6.07) is 3.36. The van der Waals surface area contributed by atoms with Gasteiger partial charge in [0.05, 0.1) is 33.4 Å². The second-order valence-corrected chi connectivity index (χ2v) is 8.54. The number of rotatable bonds is 7. The number of nitrogens with one attached hydrogen (secondary N) is 2. The Morgan fingerprint density at radius 1 is 1.11 bits per heavy atom. The Hall–Kier alpha value is -1.71. The van der Waals surface area contributed by atoms with Crippen LogP contribution in [0.2, 0.25) is 0 Å². The van der Waals surface area contributed by atoms with Crippen LogP contribution in [0.1, 0.15) is 18.4 Å². The fourth-order valence-corrected chi connectivity index (χ4v) is 4.53. The van der Waals surface area contributed by atoms with Crippen LogP contribution in [-0.4, -0.2) is 59.7 Å². The Bertz CT molecular complexity index is 738. The molecule has 1 aromatic carbocycles. The molecule has 2 N–H and O–H groups in total. The minimum absolute atomic E-state index is 0. The Kier molecular flexibility index (Phi) is 8.19. The van der Waals surface area contributed by atoms with E-state index in [1.165, 1.54) is 21.3 Å². The van der Waals surface area contributed by atoms with Gasteiger partial charge in [-0.1, -0.05) is 0 Å². The van der Waals surface area contributed by atoms with E-state index >= 15 is 0 Å². The lowest BCUT2D eigenvalue weighted by atomic mass is 9.95. The number of hydrogen-bond acceptors (Lipinski definition) is 7. The molecule has 1 fully saturated rings. The Balaban J connectivity index is 0.00000364. The molecule has 2 rings (SSSR count). The van der Waals surface area contributed by atoms with Crippen LogP contribution in [-0.2, 0) is 21.2 Å². The second kappa shape index (κ2) is 9.48. The molecule has 0 unspecified atom stereocenters. The van der Waals surface area contributed by atoms with E-state index in [1.54, 1.807) is 12.1 Å². The normalized spacial score (nSPS) is 16.0. The highest BCUT2D eigenvalue weighted by atomic mass is 35.5. The first-order valence-corrected chi connectivity index (χ1v) is 10.2. The van der Waals surface area contributed by atoms with E-state index in [2.05, 4.69) is 10.6 Å². The molecular weight excluding hydrogens is 396 g/mol. The summed E-state index contributed by atoms with van der Waals surface area (Å²) in [4.78, 5) is 12.8. The molecule has 27 heavy (non-hydrogen) atoms. The standard InChI is InChI=1S/C17H26N2O6S.ClH/c1-23-12-9-14(24-2)13(15(10-12)25-3)11-19-16(20)17(26(4,21)22)5-7-18-8-6-17;/h9-10,18H,5-8,11H2,1-4H3,(H,19,20);1H. The predicted octanol–water partition coefficient (Wildman–Crippen LogP) is 0.917. The fraction of sp³-hybridized carbons (Fsp3) is 0.588. The van der Waals surface area contributed by atoms with Crippen molar-refractivity contribution in [1.29, 1.82) is 0 Å². The maximum absolute atomic E-state index is 12.8. The lowest BCUT2D eigenvalue weighted by Gasteiger charge is -2.34. The van der Waals surface area contributed by atoms with E-state index in [1.807, 2.05) is 0 Å². The van der Waals surface area contributed by atoms with Crippen LogP contribution in [0.5, 0.6) is 17.2 Å². The molecule has 8 nitrogen and oxygen atoms in total. The number of hydrogen-bond donors (Lipinski definition) is 2. The van der Waals surface area contributed by atoms with Gasteiger partial charge in [-0.3, -0.25) is 4.79 Å². The lowest BCUT2D eigenvalue weighted by molar-refractivity contribution is -0.124. The first-order chi connectivity index (χ1) is 12.3. The summed E-state index contributed by atoms with van der Waals surface area (Å²) in [6.07, 6.45) is 1.61. The van der Waals surface area contributed by atoms with Crippen LogP contribution in [0.3, 0.4) is 0 Å². The van der Waals surface area contributed by atoms with Gasteiger partial charge in [-0.25, -0.2) is 8.42 Å². The summed E-state index contributed by atoms with van der Waals surface area (Å²) in [6.45, 7) is 1.05. The zero-order valence-corrected chi connectivity index (χ0v) is 17.6. The van der Waals surface area contributed by atoms with Crippen LogP contribution in [0.25, 0.3) is 0 Å². The Morgan fingerprint density at radius 2 is 1.63 bits per heavy atom. The van der Waals surface area contributed by atoms with Crippen molar-refractivity contribution in [2.45, 2.75) is 24.1 Å². The number of ether oxygens (including phenoxy) is 3. The van der Waals surface area contributed by atoms with Crippen molar-refractivity contribution >= 4 is 28.2 Å². The highest BCUT2D eigenvalue weighted by Gasteiger charge is 2.48. The van der Waals surface area contributed by atoms with E-state index in [-0.39, 0.29) is 31.8 Å². The molecule has 1 aliphatic rings. The van der Waals surface area contributed by atoms with Crippen LogP contribution in [0, 0.1) is 0 Å².